The molecule has 0 saturated carbocycles. The van der Waals surface area contributed by atoms with Crippen molar-refractivity contribution in [2.24, 2.45) is 0 Å². The molecule has 4 aromatic rings. The number of hydrogen-bond acceptors (Lipinski definition) is 0. The van der Waals surface area contributed by atoms with Crippen molar-refractivity contribution in [1.29, 1.82) is 0 Å². The Labute approximate surface area is 222 Å². The van der Waals surface area contributed by atoms with Gasteiger partial charge in [-0.3, -0.25) is 0 Å². The van der Waals surface area contributed by atoms with Gasteiger partial charge in [-0.1, -0.05) is 0 Å². The number of allylic oxidation sites excluding steroid dienone is 5. The molecule has 0 unspecified atom stereocenters. The van der Waals surface area contributed by atoms with Gasteiger partial charge in [0, 0.05) is 0 Å². The zero-order chi connectivity index (χ0) is 25.5. The maximum atomic E-state index is 4.03. The molecule has 0 spiro atoms. The molecule has 0 N–H and O–H groups in total. The molecule has 1 heteroatoms. The van der Waals surface area contributed by atoms with Crippen LogP contribution in [0.4, 0.5) is 0 Å². The fraction of sp³-hybridized carbons (Fsp3) is 0.139. The second-order valence-corrected chi connectivity index (χ2v) is 27.1. The first kappa shape index (κ1) is 24.2. The van der Waals surface area contributed by atoms with Gasteiger partial charge in [-0.2, -0.15) is 0 Å². The minimum absolute atomic E-state index is 0.930. The van der Waals surface area contributed by atoms with Gasteiger partial charge in [0.2, 0.25) is 0 Å². The van der Waals surface area contributed by atoms with Gasteiger partial charge < -0.3 is 0 Å². The number of hydrogen-bond donors (Lipinski definition) is 0. The third-order valence-corrected chi connectivity index (χ3v) is 24.6. The van der Waals surface area contributed by atoms with Gasteiger partial charge in [-0.15, -0.1) is 0 Å². The van der Waals surface area contributed by atoms with Crippen molar-refractivity contribution in [3.8, 4) is 11.1 Å². The van der Waals surface area contributed by atoms with Gasteiger partial charge in [0.25, 0.3) is 0 Å². The summed E-state index contributed by atoms with van der Waals surface area (Å²) >= 11 is -4.17. The Bertz CT molecular complexity index is 1600. The average Bonchev–Trinajstić information content (AvgIpc) is 3.56. The van der Waals surface area contributed by atoms with Crippen LogP contribution >= 0.6 is 0 Å². The van der Waals surface area contributed by atoms with Crippen LogP contribution in [0.3, 0.4) is 0 Å². The Kier molecular flexibility index (Phi) is 6.09. The minimum atomic E-state index is -4.17. The SMILES string of the molecule is C=CCC1=CC[C]([Zr]([CH3])([CH3])(=[C](c2ccccc2)c2ccccc2)[c]2cccc3c2Cc2ccccc2-3)=C1. The molecule has 182 valence electrons. The van der Waals surface area contributed by atoms with Gasteiger partial charge in [-0.25, -0.2) is 0 Å². The molecule has 0 nitrogen and oxygen atoms in total. The predicted molar refractivity (Wildman–Crippen MR) is 158 cm³/mol. The standard InChI is InChI=1S/C13H9.C13H10.C8H9.2CH3.Zr/c1-3-7-12-10(5-1)9-11-6-2-4-8-13(11)12;1-3-7-12(8-4-1)11-13-9-5-2-6-10-13;1-2-5-8-6-3-4-7-8;;;/h1-5,7-8H,9H2;1-10H;2,6-7H,1,3,5H2;2*1H3;. The summed E-state index contributed by atoms with van der Waals surface area (Å²) in [5, 5.41) is 0. The van der Waals surface area contributed by atoms with E-state index in [1.807, 2.05) is 6.08 Å². The van der Waals surface area contributed by atoms with E-state index in [9.17, 15) is 0 Å². The first-order chi connectivity index (χ1) is 18.0. The molecule has 37 heavy (non-hydrogen) atoms. The first-order valence-electron chi connectivity index (χ1n) is 13.4. The van der Waals surface area contributed by atoms with Crippen molar-refractivity contribution in [1.82, 2.24) is 0 Å². The monoisotopic (exact) mass is 556 g/mol. The maximum absolute atomic E-state index is 4.17. The molecule has 2 aliphatic carbocycles. The van der Waals surface area contributed by atoms with Crippen LogP contribution in [0.1, 0.15) is 35.1 Å². The molecule has 0 atom stereocenters. The van der Waals surface area contributed by atoms with Crippen molar-refractivity contribution in [2.75, 3.05) is 0 Å². The van der Waals surface area contributed by atoms with E-state index in [0.29, 0.717) is 0 Å². The van der Waals surface area contributed by atoms with Gasteiger partial charge in [0.15, 0.2) is 0 Å². The summed E-state index contributed by atoms with van der Waals surface area (Å²) in [5.41, 5.74) is 9.95. The molecular weight excluding hydrogens is 524 g/mol. The predicted octanol–water partition coefficient (Wildman–Crippen LogP) is 8.73. The van der Waals surface area contributed by atoms with E-state index in [1.54, 1.807) is 15.3 Å². The molecule has 0 heterocycles. The summed E-state index contributed by atoms with van der Waals surface area (Å²) in [6.45, 7) is 4.03. The van der Waals surface area contributed by atoms with E-state index < -0.39 is 18.3 Å². The Morgan fingerprint density at radius 2 is 1.38 bits per heavy atom. The van der Waals surface area contributed by atoms with E-state index in [0.717, 1.165) is 19.3 Å². The van der Waals surface area contributed by atoms with Crippen molar-refractivity contribution in [3.05, 3.63) is 159 Å². The molecule has 0 aromatic heterocycles. The van der Waals surface area contributed by atoms with Crippen molar-refractivity contribution in [3.63, 3.8) is 0 Å². The fourth-order valence-electron chi connectivity index (χ4n) is 6.98. The van der Waals surface area contributed by atoms with Crippen LogP contribution in [0.25, 0.3) is 11.1 Å². The Hall–Kier alpha value is -3.15. The molecule has 0 bridgehead atoms. The van der Waals surface area contributed by atoms with E-state index in [2.05, 4.69) is 131 Å². The Morgan fingerprint density at radius 1 is 0.757 bits per heavy atom. The number of fused-ring (bicyclic) bond motifs is 3. The van der Waals surface area contributed by atoms with Crippen LogP contribution in [-0.4, -0.2) is 3.21 Å². The third-order valence-electron chi connectivity index (χ3n) is 8.82. The molecule has 0 amide bonds. The fourth-order valence-corrected chi connectivity index (χ4v) is 21.9. The molecule has 6 rings (SSSR count). The average molecular weight is 558 g/mol. The molecule has 4 aromatic carbocycles. The second kappa shape index (κ2) is 9.30. The second-order valence-electron chi connectivity index (χ2n) is 11.3. The van der Waals surface area contributed by atoms with E-state index in [-0.39, 0.29) is 0 Å². The van der Waals surface area contributed by atoms with Crippen LogP contribution < -0.4 is 3.27 Å². The molecule has 0 fully saturated rings. The summed E-state index contributed by atoms with van der Waals surface area (Å²) < 4.78 is 10.2. The first-order valence-corrected chi connectivity index (χ1v) is 22.0. The van der Waals surface area contributed by atoms with Gasteiger partial charge in [-0.05, 0) is 0 Å². The zero-order valence-corrected chi connectivity index (χ0v) is 24.3. The third kappa shape index (κ3) is 3.87. The normalized spacial score (nSPS) is 14.5. The van der Waals surface area contributed by atoms with Crippen LogP contribution in [0.15, 0.2) is 137 Å². The van der Waals surface area contributed by atoms with Gasteiger partial charge in [0.05, 0.1) is 0 Å². The van der Waals surface area contributed by atoms with Crippen LogP contribution in [-0.2, 0) is 24.7 Å². The molecule has 0 aliphatic heterocycles. The van der Waals surface area contributed by atoms with Crippen molar-refractivity contribution < 1.29 is 18.3 Å². The summed E-state index contributed by atoms with van der Waals surface area (Å²) in [6, 6.07) is 38.5. The van der Waals surface area contributed by atoms with E-state index >= 15 is 0 Å². The van der Waals surface area contributed by atoms with Crippen molar-refractivity contribution >= 4 is 6.48 Å². The molecular formula is C36H34Zr. The quantitative estimate of drug-likeness (QED) is 0.183. The number of benzene rings is 4. The topological polar surface area (TPSA) is 0 Å². The van der Waals surface area contributed by atoms with Crippen LogP contribution in [0, 0.1) is 0 Å². The van der Waals surface area contributed by atoms with Crippen LogP contribution in [0.2, 0.25) is 9.26 Å². The molecule has 2 aliphatic rings. The van der Waals surface area contributed by atoms with Crippen LogP contribution in [0.5, 0.6) is 0 Å². The molecule has 0 saturated heterocycles. The summed E-state index contributed by atoms with van der Waals surface area (Å²) in [6.07, 6.45) is 10.0. The summed E-state index contributed by atoms with van der Waals surface area (Å²) in [5.74, 6) is 0. The Balaban J connectivity index is 1.77. The summed E-state index contributed by atoms with van der Waals surface area (Å²) in [7, 11) is 0. The van der Waals surface area contributed by atoms with E-state index in [4.69, 9.17) is 0 Å². The number of rotatable bonds is 6. The van der Waals surface area contributed by atoms with Gasteiger partial charge in [0.1, 0.15) is 0 Å². The zero-order valence-electron chi connectivity index (χ0n) is 21.9. The summed E-state index contributed by atoms with van der Waals surface area (Å²) in [4.78, 5) is 0. The Morgan fingerprint density at radius 3 is 2.05 bits per heavy atom. The van der Waals surface area contributed by atoms with E-state index in [1.165, 1.54) is 33.4 Å². The van der Waals surface area contributed by atoms with Crippen molar-refractivity contribution in [2.45, 2.75) is 28.5 Å². The van der Waals surface area contributed by atoms with Gasteiger partial charge >= 0.3 is 223 Å². The molecule has 0 radical (unpaired) electrons.